The third-order valence-corrected chi connectivity index (χ3v) is 4.90. The summed E-state index contributed by atoms with van der Waals surface area (Å²) < 4.78 is 6.05. The Balaban J connectivity index is 1.85. The topological polar surface area (TPSA) is 21.3 Å². The molecule has 1 aromatic rings. The second-order valence-electron chi connectivity index (χ2n) is 6.15. The second kappa shape index (κ2) is 5.26. The Morgan fingerprint density at radius 1 is 1.26 bits per heavy atom. The van der Waals surface area contributed by atoms with Gasteiger partial charge in [0.05, 0.1) is 12.2 Å². The quantitative estimate of drug-likeness (QED) is 0.893. The highest BCUT2D eigenvalue weighted by Gasteiger charge is 2.44. The Bertz CT molecular complexity index is 457. The zero-order valence-corrected chi connectivity index (χ0v) is 12.3. The first kappa shape index (κ1) is 13.1. The van der Waals surface area contributed by atoms with Crippen molar-refractivity contribution in [1.82, 2.24) is 5.32 Å². The number of fused-ring (bicyclic) bond motifs is 2. The van der Waals surface area contributed by atoms with Crippen LogP contribution in [0.5, 0.6) is 0 Å². The van der Waals surface area contributed by atoms with Gasteiger partial charge in [0.2, 0.25) is 0 Å². The van der Waals surface area contributed by atoms with Crippen LogP contribution in [0, 0.1) is 19.8 Å². The second-order valence-corrected chi connectivity index (χ2v) is 6.15. The van der Waals surface area contributed by atoms with Gasteiger partial charge in [-0.05, 0) is 56.3 Å². The van der Waals surface area contributed by atoms with E-state index in [1.54, 1.807) is 0 Å². The molecule has 2 heterocycles. The predicted molar refractivity (Wildman–Crippen MR) is 78.3 cm³/mol. The van der Waals surface area contributed by atoms with E-state index in [2.05, 4.69) is 44.3 Å². The summed E-state index contributed by atoms with van der Waals surface area (Å²) in [7, 11) is 0. The summed E-state index contributed by atoms with van der Waals surface area (Å²) in [5, 5.41) is 3.69. The van der Waals surface area contributed by atoms with Gasteiger partial charge in [-0.2, -0.15) is 0 Å². The molecule has 2 heteroatoms. The molecule has 4 atom stereocenters. The lowest BCUT2D eigenvalue weighted by Crippen LogP contribution is -2.33. The standard InChI is InChI=1S/C17H25NO/c1-4-18-17(13-6-5-11(2)12(3)9-13)15-10-14-7-8-16(15)19-14/h5-6,9,14-18H,4,7-8,10H2,1-3H3. The van der Waals surface area contributed by atoms with Crippen LogP contribution in [0.3, 0.4) is 0 Å². The summed E-state index contributed by atoms with van der Waals surface area (Å²) in [5.74, 6) is 0.654. The Labute approximate surface area is 116 Å². The minimum Gasteiger partial charge on any atom is -0.375 e. The van der Waals surface area contributed by atoms with Crippen molar-refractivity contribution in [2.45, 2.75) is 58.3 Å². The smallest absolute Gasteiger partial charge is 0.0627 e. The van der Waals surface area contributed by atoms with Crippen molar-refractivity contribution < 1.29 is 4.74 Å². The van der Waals surface area contributed by atoms with Crippen molar-refractivity contribution in [3.05, 3.63) is 34.9 Å². The molecule has 2 nitrogen and oxygen atoms in total. The molecular formula is C17H25NO. The van der Waals surface area contributed by atoms with E-state index in [-0.39, 0.29) is 0 Å². The maximum Gasteiger partial charge on any atom is 0.0627 e. The van der Waals surface area contributed by atoms with Gasteiger partial charge in [-0.3, -0.25) is 0 Å². The van der Waals surface area contributed by atoms with Crippen LogP contribution in [0.4, 0.5) is 0 Å². The SMILES string of the molecule is CCNC(c1ccc(C)c(C)c1)C1CC2CCC1O2. The van der Waals surface area contributed by atoms with Crippen molar-refractivity contribution in [2.75, 3.05) is 6.54 Å². The van der Waals surface area contributed by atoms with E-state index < -0.39 is 0 Å². The first-order valence-electron chi connectivity index (χ1n) is 7.65. The molecule has 2 aliphatic heterocycles. The van der Waals surface area contributed by atoms with Crippen molar-refractivity contribution in [1.29, 1.82) is 0 Å². The molecule has 1 aromatic carbocycles. The highest BCUT2D eigenvalue weighted by Crippen LogP contribution is 2.44. The zero-order valence-electron chi connectivity index (χ0n) is 12.3. The van der Waals surface area contributed by atoms with Crippen LogP contribution in [0.1, 0.15) is 48.9 Å². The highest BCUT2D eigenvalue weighted by atomic mass is 16.5. The van der Waals surface area contributed by atoms with Gasteiger partial charge in [-0.1, -0.05) is 25.1 Å². The molecule has 0 amide bonds. The molecule has 0 aromatic heterocycles. The third-order valence-electron chi connectivity index (χ3n) is 4.90. The number of rotatable bonds is 4. The van der Waals surface area contributed by atoms with E-state index in [4.69, 9.17) is 4.74 Å². The van der Waals surface area contributed by atoms with E-state index >= 15 is 0 Å². The molecule has 1 N–H and O–H groups in total. The summed E-state index contributed by atoms with van der Waals surface area (Å²) in [6, 6.07) is 7.36. The van der Waals surface area contributed by atoms with Crippen LogP contribution >= 0.6 is 0 Å². The van der Waals surface area contributed by atoms with E-state index in [9.17, 15) is 0 Å². The lowest BCUT2D eigenvalue weighted by Gasteiger charge is -2.30. The molecule has 2 fully saturated rings. The minimum absolute atomic E-state index is 0.458. The fraction of sp³-hybridized carbons (Fsp3) is 0.647. The van der Waals surface area contributed by atoms with Crippen LogP contribution in [-0.2, 0) is 4.74 Å². The molecule has 0 saturated carbocycles. The molecule has 2 bridgehead atoms. The molecule has 2 saturated heterocycles. The van der Waals surface area contributed by atoms with Crippen LogP contribution in [-0.4, -0.2) is 18.8 Å². The number of benzene rings is 1. The molecule has 3 rings (SSSR count). The first-order chi connectivity index (χ1) is 9.19. The summed E-state index contributed by atoms with van der Waals surface area (Å²) >= 11 is 0. The van der Waals surface area contributed by atoms with Gasteiger partial charge in [0, 0.05) is 12.0 Å². The van der Waals surface area contributed by atoms with Crippen LogP contribution in [0.15, 0.2) is 18.2 Å². The molecule has 104 valence electrons. The van der Waals surface area contributed by atoms with Gasteiger partial charge < -0.3 is 10.1 Å². The van der Waals surface area contributed by atoms with Crippen LogP contribution in [0.25, 0.3) is 0 Å². The summed E-state index contributed by atoms with van der Waals surface area (Å²) in [5.41, 5.74) is 4.21. The molecule has 4 unspecified atom stereocenters. The van der Waals surface area contributed by atoms with Gasteiger partial charge >= 0.3 is 0 Å². The maximum absolute atomic E-state index is 6.05. The van der Waals surface area contributed by atoms with Gasteiger partial charge in [0.25, 0.3) is 0 Å². The Kier molecular flexibility index (Phi) is 3.64. The first-order valence-corrected chi connectivity index (χ1v) is 7.65. The molecular weight excluding hydrogens is 234 g/mol. The van der Waals surface area contributed by atoms with Crippen molar-refractivity contribution in [3.8, 4) is 0 Å². The van der Waals surface area contributed by atoms with Gasteiger partial charge in [-0.15, -0.1) is 0 Å². The van der Waals surface area contributed by atoms with Gasteiger partial charge in [0.1, 0.15) is 0 Å². The number of hydrogen-bond donors (Lipinski definition) is 1. The normalized spacial score (nSPS) is 30.8. The Morgan fingerprint density at radius 2 is 2.11 bits per heavy atom. The average Bonchev–Trinajstić information content (AvgIpc) is 3.02. The third kappa shape index (κ3) is 2.44. The number of hydrogen-bond acceptors (Lipinski definition) is 2. The van der Waals surface area contributed by atoms with Crippen molar-refractivity contribution >= 4 is 0 Å². The molecule has 0 spiro atoms. The Hall–Kier alpha value is -0.860. The fourth-order valence-corrected chi connectivity index (χ4v) is 3.72. The maximum atomic E-state index is 6.05. The van der Waals surface area contributed by atoms with Crippen LogP contribution in [0.2, 0.25) is 0 Å². The fourth-order valence-electron chi connectivity index (χ4n) is 3.72. The predicted octanol–water partition coefficient (Wildman–Crippen LogP) is 3.52. The van der Waals surface area contributed by atoms with E-state index in [1.807, 2.05) is 0 Å². The monoisotopic (exact) mass is 259 g/mol. The summed E-state index contributed by atoms with van der Waals surface area (Å²) in [6.07, 6.45) is 4.77. The summed E-state index contributed by atoms with van der Waals surface area (Å²) in [6.45, 7) is 7.61. The zero-order chi connectivity index (χ0) is 13.4. The van der Waals surface area contributed by atoms with E-state index in [1.165, 1.54) is 36.0 Å². The number of aryl methyl sites for hydroxylation is 2. The molecule has 0 aliphatic carbocycles. The lowest BCUT2D eigenvalue weighted by atomic mass is 9.80. The molecule has 19 heavy (non-hydrogen) atoms. The summed E-state index contributed by atoms with van der Waals surface area (Å²) in [4.78, 5) is 0. The number of nitrogens with one attached hydrogen (secondary N) is 1. The van der Waals surface area contributed by atoms with Gasteiger partial charge in [-0.25, -0.2) is 0 Å². The minimum atomic E-state index is 0.458. The molecule has 0 radical (unpaired) electrons. The lowest BCUT2D eigenvalue weighted by molar-refractivity contribution is 0.0858. The van der Waals surface area contributed by atoms with Crippen molar-refractivity contribution in [2.24, 2.45) is 5.92 Å². The molecule has 2 aliphatic rings. The van der Waals surface area contributed by atoms with Gasteiger partial charge in [0.15, 0.2) is 0 Å². The largest absolute Gasteiger partial charge is 0.375 e. The van der Waals surface area contributed by atoms with Crippen LogP contribution < -0.4 is 5.32 Å². The highest BCUT2D eigenvalue weighted by molar-refractivity contribution is 5.32. The number of ether oxygens (including phenoxy) is 1. The van der Waals surface area contributed by atoms with E-state index in [0.29, 0.717) is 24.2 Å². The average molecular weight is 259 g/mol. The van der Waals surface area contributed by atoms with E-state index in [0.717, 1.165) is 6.54 Å². The Morgan fingerprint density at radius 3 is 2.68 bits per heavy atom. The van der Waals surface area contributed by atoms with Crippen molar-refractivity contribution in [3.63, 3.8) is 0 Å².